The molecular formula is C20H21NO6S. The molecule has 8 heteroatoms. The average Bonchev–Trinajstić information content (AvgIpc) is 2.88. The van der Waals surface area contributed by atoms with Gasteiger partial charge in [-0.3, -0.25) is 19.3 Å². The van der Waals surface area contributed by atoms with Crippen LogP contribution in [0.2, 0.25) is 0 Å². The van der Waals surface area contributed by atoms with Gasteiger partial charge in [-0.2, -0.15) is 0 Å². The van der Waals surface area contributed by atoms with Crippen LogP contribution in [0, 0.1) is 12.3 Å². The number of hydrogen-bond donors (Lipinski definition) is 0. The Kier molecular flexibility index (Phi) is 7.52. The van der Waals surface area contributed by atoms with E-state index in [1.54, 1.807) is 38.1 Å². The van der Waals surface area contributed by atoms with Crippen molar-refractivity contribution in [3.05, 3.63) is 28.7 Å². The number of esters is 1. The van der Waals surface area contributed by atoms with Gasteiger partial charge in [0.2, 0.25) is 0 Å². The highest BCUT2D eigenvalue weighted by Gasteiger charge is 2.36. The second-order valence-corrected chi connectivity index (χ2v) is 6.93. The Labute approximate surface area is 168 Å². The fraction of sp³-hybridized carbons (Fsp3) is 0.350. The van der Waals surface area contributed by atoms with E-state index in [2.05, 4.69) is 5.92 Å². The van der Waals surface area contributed by atoms with Gasteiger partial charge in [-0.1, -0.05) is 12.0 Å². The first kappa shape index (κ1) is 21.4. The molecule has 0 atom stereocenters. The van der Waals surface area contributed by atoms with Crippen molar-refractivity contribution in [2.24, 2.45) is 0 Å². The Hall–Kier alpha value is -2.92. The summed E-state index contributed by atoms with van der Waals surface area (Å²) in [6.45, 7) is 5.33. The van der Waals surface area contributed by atoms with Crippen LogP contribution < -0.4 is 9.47 Å². The van der Waals surface area contributed by atoms with Gasteiger partial charge in [-0.25, -0.2) is 0 Å². The number of ether oxygens (including phenoxy) is 3. The van der Waals surface area contributed by atoms with Gasteiger partial charge < -0.3 is 14.2 Å². The molecule has 1 aromatic rings. The minimum absolute atomic E-state index is 0.102. The summed E-state index contributed by atoms with van der Waals surface area (Å²) in [5, 5.41) is -0.518. The molecule has 0 saturated carbocycles. The lowest BCUT2D eigenvalue weighted by Crippen LogP contribution is -2.35. The predicted octanol–water partition coefficient (Wildman–Crippen LogP) is 3.09. The van der Waals surface area contributed by atoms with E-state index in [1.165, 1.54) is 0 Å². The van der Waals surface area contributed by atoms with E-state index < -0.39 is 23.7 Å². The highest BCUT2D eigenvalue weighted by molar-refractivity contribution is 8.18. The summed E-state index contributed by atoms with van der Waals surface area (Å²) in [7, 11) is 0. The lowest BCUT2D eigenvalue weighted by molar-refractivity contribution is -0.149. The minimum atomic E-state index is -0.632. The van der Waals surface area contributed by atoms with Crippen molar-refractivity contribution >= 4 is 35.0 Å². The Balaban J connectivity index is 2.19. The molecule has 0 unspecified atom stereocenters. The van der Waals surface area contributed by atoms with Gasteiger partial charge in [-0.05, 0) is 56.3 Å². The molecule has 1 aliphatic rings. The van der Waals surface area contributed by atoms with Crippen molar-refractivity contribution < 1.29 is 28.6 Å². The summed E-state index contributed by atoms with van der Waals surface area (Å²) in [6, 6.07) is 5.09. The molecule has 0 N–H and O–H groups in total. The Morgan fingerprint density at radius 2 is 2.04 bits per heavy atom. The predicted molar refractivity (Wildman–Crippen MR) is 106 cm³/mol. The average molecular weight is 403 g/mol. The highest BCUT2D eigenvalue weighted by atomic mass is 32.2. The fourth-order valence-electron chi connectivity index (χ4n) is 2.34. The van der Waals surface area contributed by atoms with Crippen LogP contribution in [0.1, 0.15) is 26.3 Å². The van der Waals surface area contributed by atoms with Gasteiger partial charge in [0, 0.05) is 0 Å². The summed E-state index contributed by atoms with van der Waals surface area (Å²) in [5.41, 5.74) is 0.645. The van der Waals surface area contributed by atoms with Crippen molar-refractivity contribution in [1.29, 1.82) is 0 Å². The SMILES string of the molecule is C#CCOc1ccc(/C=C2/SC(=O)N(CC(=O)OC(C)C)C2=O)cc1OCC. The van der Waals surface area contributed by atoms with Crippen LogP contribution in [0.4, 0.5) is 4.79 Å². The number of thioether (sulfide) groups is 1. The van der Waals surface area contributed by atoms with E-state index in [9.17, 15) is 14.4 Å². The maximum absolute atomic E-state index is 12.5. The first-order chi connectivity index (χ1) is 13.3. The van der Waals surface area contributed by atoms with Crippen molar-refractivity contribution in [3.8, 4) is 23.8 Å². The zero-order valence-electron chi connectivity index (χ0n) is 15.9. The molecule has 2 rings (SSSR count). The third-order valence-corrected chi connectivity index (χ3v) is 4.31. The lowest BCUT2D eigenvalue weighted by atomic mass is 10.2. The molecule has 1 heterocycles. The normalized spacial score (nSPS) is 15.1. The van der Waals surface area contributed by atoms with Gasteiger partial charge in [0.1, 0.15) is 13.2 Å². The van der Waals surface area contributed by atoms with Gasteiger partial charge in [-0.15, -0.1) is 6.42 Å². The van der Waals surface area contributed by atoms with E-state index in [0.29, 0.717) is 23.7 Å². The summed E-state index contributed by atoms with van der Waals surface area (Å²) >= 11 is 0.767. The molecule has 0 aliphatic carbocycles. The zero-order valence-corrected chi connectivity index (χ0v) is 16.7. The van der Waals surface area contributed by atoms with Crippen LogP contribution in [0.5, 0.6) is 11.5 Å². The van der Waals surface area contributed by atoms with Crippen LogP contribution in [0.3, 0.4) is 0 Å². The molecule has 1 fully saturated rings. The second kappa shape index (κ2) is 9.85. The molecule has 1 saturated heterocycles. The van der Waals surface area contributed by atoms with Crippen LogP contribution in [-0.4, -0.2) is 47.9 Å². The number of imide groups is 1. The van der Waals surface area contributed by atoms with E-state index in [1.807, 2.05) is 6.92 Å². The molecular weight excluding hydrogens is 382 g/mol. The van der Waals surface area contributed by atoms with Crippen LogP contribution in [-0.2, 0) is 14.3 Å². The highest BCUT2D eigenvalue weighted by Crippen LogP contribution is 2.34. The summed E-state index contributed by atoms with van der Waals surface area (Å²) in [5.74, 6) is 2.18. The molecule has 0 bridgehead atoms. The monoisotopic (exact) mass is 403 g/mol. The topological polar surface area (TPSA) is 82.1 Å². The summed E-state index contributed by atoms with van der Waals surface area (Å²) in [6.07, 6.45) is 6.44. The van der Waals surface area contributed by atoms with Crippen molar-refractivity contribution in [1.82, 2.24) is 4.90 Å². The number of amides is 2. The first-order valence-corrected chi connectivity index (χ1v) is 9.45. The number of carbonyl (C=O) groups is 3. The number of nitrogens with zero attached hydrogens (tertiary/aromatic N) is 1. The number of rotatable bonds is 8. The third kappa shape index (κ3) is 5.54. The molecule has 7 nitrogen and oxygen atoms in total. The zero-order chi connectivity index (χ0) is 20.7. The van der Waals surface area contributed by atoms with Crippen LogP contribution in [0.15, 0.2) is 23.1 Å². The van der Waals surface area contributed by atoms with E-state index in [-0.39, 0.29) is 17.6 Å². The van der Waals surface area contributed by atoms with E-state index in [4.69, 9.17) is 20.6 Å². The lowest BCUT2D eigenvalue weighted by Gasteiger charge is -2.13. The smallest absolute Gasteiger partial charge is 0.326 e. The Morgan fingerprint density at radius 1 is 1.29 bits per heavy atom. The van der Waals surface area contributed by atoms with Gasteiger partial charge in [0.15, 0.2) is 11.5 Å². The third-order valence-electron chi connectivity index (χ3n) is 3.40. The largest absolute Gasteiger partial charge is 0.490 e. The molecule has 148 valence electrons. The number of carbonyl (C=O) groups excluding carboxylic acids is 3. The first-order valence-electron chi connectivity index (χ1n) is 8.63. The van der Waals surface area contributed by atoms with Gasteiger partial charge in [0.05, 0.1) is 17.6 Å². The number of terminal acetylenes is 1. The molecule has 1 aromatic carbocycles. The van der Waals surface area contributed by atoms with Crippen LogP contribution >= 0.6 is 11.8 Å². The fourth-order valence-corrected chi connectivity index (χ4v) is 3.18. The Morgan fingerprint density at radius 3 is 2.68 bits per heavy atom. The van der Waals surface area contributed by atoms with Crippen molar-refractivity contribution in [2.75, 3.05) is 19.8 Å². The maximum Gasteiger partial charge on any atom is 0.326 e. The quantitative estimate of drug-likeness (QED) is 0.375. The molecule has 0 spiro atoms. The van der Waals surface area contributed by atoms with E-state index in [0.717, 1.165) is 16.7 Å². The number of hydrogen-bond acceptors (Lipinski definition) is 7. The molecule has 0 aromatic heterocycles. The maximum atomic E-state index is 12.5. The number of benzene rings is 1. The molecule has 2 amide bonds. The summed E-state index contributed by atoms with van der Waals surface area (Å²) < 4.78 is 16.0. The Bertz CT molecular complexity index is 840. The van der Waals surface area contributed by atoms with Gasteiger partial charge >= 0.3 is 5.97 Å². The van der Waals surface area contributed by atoms with E-state index >= 15 is 0 Å². The molecule has 28 heavy (non-hydrogen) atoms. The standard InChI is InChI=1S/C20H21NO6S/c1-5-9-26-15-8-7-14(10-16(15)25-6-2)11-17-19(23)21(20(24)28-17)12-18(22)27-13(3)4/h1,7-8,10-11,13H,6,9,12H2,2-4H3/b17-11+. The van der Waals surface area contributed by atoms with Crippen LogP contribution in [0.25, 0.3) is 6.08 Å². The molecule has 1 aliphatic heterocycles. The van der Waals surface area contributed by atoms with Crippen molar-refractivity contribution in [2.45, 2.75) is 26.9 Å². The van der Waals surface area contributed by atoms with Gasteiger partial charge in [0.25, 0.3) is 11.1 Å². The van der Waals surface area contributed by atoms with Crippen molar-refractivity contribution in [3.63, 3.8) is 0 Å². The second-order valence-electron chi connectivity index (χ2n) is 5.94. The molecule has 0 radical (unpaired) electrons. The summed E-state index contributed by atoms with van der Waals surface area (Å²) in [4.78, 5) is 37.4. The minimum Gasteiger partial charge on any atom is -0.490 e.